The molecule has 1 aromatic carbocycles. The number of aliphatic hydroxyl groups is 1. The molecule has 1 fully saturated rings. The van der Waals surface area contributed by atoms with Crippen molar-refractivity contribution >= 4 is 11.6 Å². The third-order valence-corrected chi connectivity index (χ3v) is 3.23. The molecule has 1 aliphatic carbocycles. The van der Waals surface area contributed by atoms with Gasteiger partial charge in [0.2, 0.25) is 5.91 Å². The highest BCUT2D eigenvalue weighted by Gasteiger charge is 2.22. The molecule has 1 saturated carbocycles. The average molecular weight is 234 g/mol. The van der Waals surface area contributed by atoms with Crippen LogP contribution >= 0.6 is 0 Å². The first-order valence-corrected chi connectivity index (χ1v) is 6.01. The van der Waals surface area contributed by atoms with Crippen molar-refractivity contribution in [3.8, 4) is 0 Å². The number of primary amides is 1. The van der Waals surface area contributed by atoms with Crippen LogP contribution < -0.4 is 11.1 Å². The summed E-state index contributed by atoms with van der Waals surface area (Å²) in [6.07, 6.45) is 3.71. The summed E-state index contributed by atoms with van der Waals surface area (Å²) < 4.78 is 0. The Morgan fingerprint density at radius 3 is 2.82 bits per heavy atom. The quantitative estimate of drug-likeness (QED) is 0.742. The van der Waals surface area contributed by atoms with Crippen LogP contribution in [0.1, 0.15) is 36.0 Å². The highest BCUT2D eigenvalue weighted by Crippen LogP contribution is 2.22. The Bertz CT molecular complexity index is 406. The molecule has 17 heavy (non-hydrogen) atoms. The van der Waals surface area contributed by atoms with Gasteiger partial charge in [0, 0.05) is 11.3 Å². The number of nitrogens with two attached hydrogens (primary N) is 1. The molecule has 2 rings (SSSR count). The van der Waals surface area contributed by atoms with Crippen molar-refractivity contribution in [3.05, 3.63) is 29.8 Å². The first-order valence-electron chi connectivity index (χ1n) is 6.01. The topological polar surface area (TPSA) is 75.4 Å². The molecule has 0 aliphatic heterocycles. The predicted molar refractivity (Wildman–Crippen MR) is 66.8 cm³/mol. The summed E-state index contributed by atoms with van der Waals surface area (Å²) in [5, 5.41) is 13.1. The summed E-state index contributed by atoms with van der Waals surface area (Å²) >= 11 is 0. The summed E-state index contributed by atoms with van der Waals surface area (Å²) in [4.78, 5) is 11.1. The van der Waals surface area contributed by atoms with Gasteiger partial charge in [-0.1, -0.05) is 18.9 Å². The Kier molecular flexibility index (Phi) is 3.64. The molecule has 1 amide bonds. The average Bonchev–Trinajstić information content (AvgIpc) is 2.32. The predicted octanol–water partition coefficient (Wildman–Crippen LogP) is 1.50. The van der Waals surface area contributed by atoms with Crippen LogP contribution in [0.4, 0.5) is 5.69 Å². The van der Waals surface area contributed by atoms with Crippen LogP contribution in [-0.4, -0.2) is 23.2 Å². The zero-order chi connectivity index (χ0) is 12.3. The summed E-state index contributed by atoms with van der Waals surface area (Å²) in [6.45, 7) is 0. The fourth-order valence-electron chi connectivity index (χ4n) is 2.26. The lowest BCUT2D eigenvalue weighted by molar-refractivity contribution is 0.100. The molecule has 0 radical (unpaired) electrons. The van der Waals surface area contributed by atoms with E-state index in [1.165, 1.54) is 0 Å². The number of carbonyl (C=O) groups excluding carboxylic acids is 1. The van der Waals surface area contributed by atoms with Gasteiger partial charge in [0.15, 0.2) is 0 Å². The number of anilines is 1. The van der Waals surface area contributed by atoms with Crippen LogP contribution in [0, 0.1) is 0 Å². The van der Waals surface area contributed by atoms with Crippen LogP contribution in [0.25, 0.3) is 0 Å². The SMILES string of the molecule is NC(=O)c1cccc(N[C@H]2CCCC[C@@H]2O)c1. The third kappa shape index (κ3) is 2.97. The number of hydrogen-bond acceptors (Lipinski definition) is 3. The molecule has 92 valence electrons. The highest BCUT2D eigenvalue weighted by atomic mass is 16.3. The van der Waals surface area contributed by atoms with Crippen molar-refractivity contribution in [2.75, 3.05) is 5.32 Å². The van der Waals surface area contributed by atoms with Crippen molar-refractivity contribution in [2.45, 2.75) is 37.8 Å². The van der Waals surface area contributed by atoms with Crippen molar-refractivity contribution in [3.63, 3.8) is 0 Å². The molecule has 2 atom stereocenters. The van der Waals surface area contributed by atoms with Crippen molar-refractivity contribution in [2.24, 2.45) is 5.73 Å². The van der Waals surface area contributed by atoms with Crippen LogP contribution in [0.5, 0.6) is 0 Å². The molecule has 0 heterocycles. The van der Waals surface area contributed by atoms with Crippen molar-refractivity contribution in [1.82, 2.24) is 0 Å². The first kappa shape index (κ1) is 11.9. The monoisotopic (exact) mass is 234 g/mol. The molecular formula is C13H18N2O2. The van der Waals surface area contributed by atoms with E-state index in [4.69, 9.17) is 5.73 Å². The number of rotatable bonds is 3. The second-order valence-electron chi connectivity index (χ2n) is 4.55. The van der Waals surface area contributed by atoms with Gasteiger partial charge in [0.1, 0.15) is 0 Å². The molecule has 4 heteroatoms. The molecule has 1 aromatic rings. The van der Waals surface area contributed by atoms with Crippen LogP contribution in [0.15, 0.2) is 24.3 Å². The van der Waals surface area contributed by atoms with Crippen molar-refractivity contribution < 1.29 is 9.90 Å². The van der Waals surface area contributed by atoms with Gasteiger partial charge in [-0.25, -0.2) is 0 Å². The lowest BCUT2D eigenvalue weighted by atomic mass is 9.92. The molecular weight excluding hydrogens is 216 g/mol. The normalized spacial score (nSPS) is 24.3. The maximum atomic E-state index is 11.1. The van der Waals surface area contributed by atoms with Crippen LogP contribution in [0.2, 0.25) is 0 Å². The minimum absolute atomic E-state index is 0.0758. The van der Waals surface area contributed by atoms with E-state index in [0.29, 0.717) is 5.56 Å². The molecule has 4 nitrogen and oxygen atoms in total. The van der Waals surface area contributed by atoms with E-state index < -0.39 is 5.91 Å². The van der Waals surface area contributed by atoms with Gasteiger partial charge >= 0.3 is 0 Å². The van der Waals surface area contributed by atoms with E-state index in [9.17, 15) is 9.90 Å². The first-order chi connectivity index (χ1) is 8.16. The number of aliphatic hydroxyl groups excluding tert-OH is 1. The van der Waals surface area contributed by atoms with Gasteiger partial charge in [0.25, 0.3) is 0 Å². The summed E-state index contributed by atoms with van der Waals surface area (Å²) in [5.41, 5.74) is 6.55. The summed E-state index contributed by atoms with van der Waals surface area (Å²) in [7, 11) is 0. The van der Waals surface area contributed by atoms with Crippen LogP contribution in [0.3, 0.4) is 0 Å². The minimum atomic E-state index is -0.433. The third-order valence-electron chi connectivity index (χ3n) is 3.23. The molecule has 0 saturated heterocycles. The number of carbonyl (C=O) groups is 1. The smallest absolute Gasteiger partial charge is 0.248 e. The van der Waals surface area contributed by atoms with Crippen molar-refractivity contribution in [1.29, 1.82) is 0 Å². The van der Waals surface area contributed by atoms with Gasteiger partial charge in [-0.2, -0.15) is 0 Å². The minimum Gasteiger partial charge on any atom is -0.391 e. The molecule has 0 bridgehead atoms. The Morgan fingerprint density at radius 1 is 1.35 bits per heavy atom. The fraction of sp³-hybridized carbons (Fsp3) is 0.462. The maximum absolute atomic E-state index is 11.1. The second-order valence-corrected chi connectivity index (χ2v) is 4.55. The summed E-state index contributed by atoms with van der Waals surface area (Å²) in [6, 6.07) is 7.16. The fourth-order valence-corrected chi connectivity index (χ4v) is 2.26. The Balaban J connectivity index is 2.07. The van der Waals surface area contributed by atoms with E-state index in [1.807, 2.05) is 6.07 Å². The molecule has 0 aromatic heterocycles. The van der Waals surface area contributed by atoms with E-state index in [0.717, 1.165) is 31.4 Å². The molecule has 0 spiro atoms. The zero-order valence-corrected chi connectivity index (χ0v) is 9.73. The molecule has 0 unspecified atom stereocenters. The van der Waals surface area contributed by atoms with E-state index >= 15 is 0 Å². The van der Waals surface area contributed by atoms with Gasteiger partial charge < -0.3 is 16.2 Å². The zero-order valence-electron chi connectivity index (χ0n) is 9.73. The standard InChI is InChI=1S/C13H18N2O2/c14-13(17)9-4-3-5-10(8-9)15-11-6-1-2-7-12(11)16/h3-5,8,11-12,15-16H,1-2,6-7H2,(H2,14,17)/t11-,12-/m0/s1. The van der Waals surface area contributed by atoms with Crippen LogP contribution in [-0.2, 0) is 0 Å². The largest absolute Gasteiger partial charge is 0.391 e. The number of benzene rings is 1. The van der Waals surface area contributed by atoms with E-state index in [2.05, 4.69) is 5.32 Å². The Hall–Kier alpha value is -1.55. The molecule has 1 aliphatic rings. The number of hydrogen-bond donors (Lipinski definition) is 3. The second kappa shape index (κ2) is 5.19. The summed E-state index contributed by atoms with van der Waals surface area (Å²) in [5.74, 6) is -0.433. The van der Waals surface area contributed by atoms with Gasteiger partial charge in [0.05, 0.1) is 12.1 Å². The van der Waals surface area contributed by atoms with Gasteiger partial charge in [-0.3, -0.25) is 4.79 Å². The van der Waals surface area contributed by atoms with Gasteiger partial charge in [-0.15, -0.1) is 0 Å². The Morgan fingerprint density at radius 2 is 2.12 bits per heavy atom. The lowest BCUT2D eigenvalue weighted by Crippen LogP contribution is -2.36. The van der Waals surface area contributed by atoms with Gasteiger partial charge in [-0.05, 0) is 31.0 Å². The maximum Gasteiger partial charge on any atom is 0.248 e. The number of nitrogens with one attached hydrogen (secondary N) is 1. The molecule has 4 N–H and O–H groups in total. The lowest BCUT2D eigenvalue weighted by Gasteiger charge is -2.29. The highest BCUT2D eigenvalue weighted by molar-refractivity contribution is 5.93. The van der Waals surface area contributed by atoms with E-state index in [-0.39, 0.29) is 12.1 Å². The van der Waals surface area contributed by atoms with E-state index in [1.54, 1.807) is 18.2 Å². The Labute approximate surface area is 101 Å². The number of amides is 1.